The van der Waals surface area contributed by atoms with E-state index in [0.29, 0.717) is 25.7 Å². The molecule has 1 aliphatic carbocycles. The fourth-order valence-corrected chi connectivity index (χ4v) is 7.38. The summed E-state index contributed by atoms with van der Waals surface area (Å²) in [7, 11) is -5.15. The van der Waals surface area contributed by atoms with Gasteiger partial charge in [-0.2, -0.15) is 0 Å². The van der Waals surface area contributed by atoms with Crippen molar-refractivity contribution in [3.63, 3.8) is 0 Å². The maximum absolute atomic E-state index is 12.8. The Hall–Kier alpha value is -2.97. The molecule has 1 saturated carbocycles. The van der Waals surface area contributed by atoms with E-state index in [1.54, 1.807) is 0 Å². The maximum Gasteiger partial charge on any atom is 0.472 e. The number of phosphoric ester groups is 1. The number of hydrogen-bond acceptors (Lipinski definition) is 12. The molecule has 0 aromatic carbocycles. The van der Waals surface area contributed by atoms with Crippen LogP contribution in [0.2, 0.25) is 0 Å². The summed E-state index contributed by atoms with van der Waals surface area (Å²) < 4.78 is 33.4. The number of aliphatic hydroxyl groups excluding tert-OH is 5. The number of aliphatic hydroxyl groups is 5. The smallest absolute Gasteiger partial charge is 0.462 e. The van der Waals surface area contributed by atoms with E-state index in [9.17, 15) is 44.6 Å². The SMILES string of the molecule is CCCCC/C=C/C/C=C/C/C=C/C/C=C/CCCC(=O)O[C@@H](COC(=O)CCC/C=C/C/C=C/C/C=C/CCCCCCCC)COP(=O)(O)OC1C(O)C(O)C(O)[C@H](O)C1O. The highest BCUT2D eigenvalue weighted by molar-refractivity contribution is 7.47. The Kier molecular flexibility index (Phi) is 35.3. The molecular formula is C49H81O13P. The van der Waals surface area contributed by atoms with Crippen molar-refractivity contribution in [2.24, 2.45) is 0 Å². The third kappa shape index (κ3) is 30.7. The van der Waals surface area contributed by atoms with Crippen LogP contribution in [0.5, 0.6) is 0 Å². The van der Waals surface area contributed by atoms with Gasteiger partial charge in [0.25, 0.3) is 0 Å². The second-order valence-electron chi connectivity index (χ2n) is 15.9. The second-order valence-corrected chi connectivity index (χ2v) is 17.3. The number of carbonyl (C=O) groups is 2. The highest BCUT2D eigenvalue weighted by Gasteiger charge is 2.51. The van der Waals surface area contributed by atoms with E-state index >= 15 is 0 Å². The van der Waals surface area contributed by atoms with E-state index in [1.165, 1.54) is 57.8 Å². The highest BCUT2D eigenvalue weighted by atomic mass is 31.2. The van der Waals surface area contributed by atoms with Gasteiger partial charge in [-0.05, 0) is 83.5 Å². The lowest BCUT2D eigenvalue weighted by atomic mass is 9.85. The zero-order valence-electron chi connectivity index (χ0n) is 38.1. The fraction of sp³-hybridized carbons (Fsp3) is 0.673. The molecule has 0 amide bonds. The molecule has 0 spiro atoms. The van der Waals surface area contributed by atoms with Gasteiger partial charge in [0.15, 0.2) is 6.10 Å². The molecule has 0 saturated heterocycles. The summed E-state index contributed by atoms with van der Waals surface area (Å²) in [5, 5.41) is 50.1. The van der Waals surface area contributed by atoms with Gasteiger partial charge in [0.05, 0.1) is 6.61 Å². The van der Waals surface area contributed by atoms with Crippen LogP contribution in [-0.2, 0) is 32.7 Å². The Bertz CT molecular complexity index is 1420. The van der Waals surface area contributed by atoms with Crippen LogP contribution in [0.25, 0.3) is 0 Å². The Morgan fingerprint density at radius 1 is 0.492 bits per heavy atom. The lowest BCUT2D eigenvalue weighted by molar-refractivity contribution is -0.220. The molecule has 0 bridgehead atoms. The van der Waals surface area contributed by atoms with Gasteiger partial charge >= 0.3 is 19.8 Å². The largest absolute Gasteiger partial charge is 0.472 e. The van der Waals surface area contributed by atoms with Crippen molar-refractivity contribution in [2.75, 3.05) is 13.2 Å². The predicted octanol–water partition coefficient (Wildman–Crippen LogP) is 9.28. The normalized spacial score (nSPS) is 22.5. The standard InChI is InChI=1S/C49H81O13P/c1-3-5-7-9-11-13-15-17-19-21-23-25-27-29-31-33-35-37-42(50)59-39-41(40-60-63(57,58)62-49-47(55)45(53)44(52)46(54)48(49)56)61-43(51)38-36-34-32-30-28-26-24-22-20-18-16-14-12-10-8-6-4-2/h12,14,17-20,23-26,29-32,41,44-49,52-56H,3-11,13,15-16,21-22,27-28,33-40H2,1-2H3,(H,57,58)/b14-12+,19-17+,20-18+,25-23+,26-24+,31-29+,32-30+/t41-,44?,45-,46?,47?,48?,49?/m0/s1. The van der Waals surface area contributed by atoms with Crippen molar-refractivity contribution >= 4 is 19.8 Å². The summed E-state index contributed by atoms with van der Waals surface area (Å²) in [4.78, 5) is 35.7. The minimum atomic E-state index is -5.15. The molecule has 0 heterocycles. The Balaban J connectivity index is 2.55. The Morgan fingerprint density at radius 3 is 1.33 bits per heavy atom. The zero-order chi connectivity index (χ0) is 46.4. The Morgan fingerprint density at radius 2 is 0.857 bits per heavy atom. The average Bonchev–Trinajstić information content (AvgIpc) is 3.26. The third-order valence-electron chi connectivity index (χ3n) is 10.2. The quantitative estimate of drug-likeness (QED) is 0.0149. The summed E-state index contributed by atoms with van der Waals surface area (Å²) in [6.07, 6.45) is 36.5. The second kappa shape index (κ2) is 38.3. The van der Waals surface area contributed by atoms with Crippen molar-refractivity contribution in [2.45, 2.75) is 198 Å². The van der Waals surface area contributed by atoms with Crippen LogP contribution in [-0.4, -0.2) is 98.3 Å². The zero-order valence-corrected chi connectivity index (χ0v) is 39.0. The van der Waals surface area contributed by atoms with E-state index < -0.39 is 75.7 Å². The number of unbranched alkanes of at least 4 members (excludes halogenated alkanes) is 11. The molecule has 1 rings (SSSR count). The number of esters is 2. The number of rotatable bonds is 37. The van der Waals surface area contributed by atoms with Crippen molar-refractivity contribution in [1.29, 1.82) is 0 Å². The lowest BCUT2D eigenvalue weighted by Crippen LogP contribution is -2.64. The van der Waals surface area contributed by atoms with Crippen molar-refractivity contribution in [1.82, 2.24) is 0 Å². The van der Waals surface area contributed by atoms with E-state index in [2.05, 4.69) is 74.6 Å². The number of phosphoric acid groups is 1. The fourth-order valence-electron chi connectivity index (χ4n) is 6.41. The molecule has 0 aromatic rings. The van der Waals surface area contributed by atoms with Gasteiger partial charge in [-0.3, -0.25) is 18.6 Å². The number of allylic oxidation sites excluding steroid dienone is 14. The van der Waals surface area contributed by atoms with Crippen LogP contribution in [0, 0.1) is 0 Å². The molecule has 1 aliphatic rings. The molecule has 6 unspecified atom stereocenters. The van der Waals surface area contributed by atoms with Crippen LogP contribution < -0.4 is 0 Å². The van der Waals surface area contributed by atoms with Crippen LogP contribution in [0.4, 0.5) is 0 Å². The predicted molar refractivity (Wildman–Crippen MR) is 248 cm³/mol. The molecule has 0 aliphatic heterocycles. The van der Waals surface area contributed by atoms with Gasteiger partial charge < -0.3 is 39.9 Å². The molecule has 8 atom stereocenters. The van der Waals surface area contributed by atoms with Crippen molar-refractivity contribution < 1.29 is 63.1 Å². The molecule has 360 valence electrons. The molecule has 14 heteroatoms. The van der Waals surface area contributed by atoms with Crippen LogP contribution >= 0.6 is 7.82 Å². The van der Waals surface area contributed by atoms with Gasteiger partial charge in [0.1, 0.15) is 43.2 Å². The molecule has 13 nitrogen and oxygen atoms in total. The molecule has 0 radical (unpaired) electrons. The number of ether oxygens (including phenoxy) is 2. The van der Waals surface area contributed by atoms with Gasteiger partial charge in [-0.25, -0.2) is 4.57 Å². The first-order valence-corrected chi connectivity index (χ1v) is 24.9. The topological polar surface area (TPSA) is 210 Å². The summed E-state index contributed by atoms with van der Waals surface area (Å²) in [6, 6.07) is 0. The van der Waals surface area contributed by atoms with Gasteiger partial charge in [-0.15, -0.1) is 0 Å². The molecule has 1 fully saturated rings. The summed E-state index contributed by atoms with van der Waals surface area (Å²) in [5.74, 6) is -1.23. The minimum Gasteiger partial charge on any atom is -0.462 e. The van der Waals surface area contributed by atoms with Crippen LogP contribution in [0.3, 0.4) is 0 Å². The average molecular weight is 909 g/mol. The van der Waals surface area contributed by atoms with Gasteiger partial charge in [-0.1, -0.05) is 144 Å². The van der Waals surface area contributed by atoms with E-state index in [0.717, 1.165) is 44.9 Å². The van der Waals surface area contributed by atoms with E-state index in [4.69, 9.17) is 18.5 Å². The van der Waals surface area contributed by atoms with Gasteiger partial charge in [0.2, 0.25) is 0 Å². The number of hydrogen-bond donors (Lipinski definition) is 6. The highest BCUT2D eigenvalue weighted by Crippen LogP contribution is 2.47. The van der Waals surface area contributed by atoms with E-state index in [1.807, 2.05) is 24.3 Å². The van der Waals surface area contributed by atoms with Gasteiger partial charge in [0, 0.05) is 12.8 Å². The maximum atomic E-state index is 12.8. The lowest BCUT2D eigenvalue weighted by Gasteiger charge is -2.41. The summed E-state index contributed by atoms with van der Waals surface area (Å²) >= 11 is 0. The molecular weight excluding hydrogens is 828 g/mol. The summed E-state index contributed by atoms with van der Waals surface area (Å²) in [6.45, 7) is 3.16. The monoisotopic (exact) mass is 909 g/mol. The number of carbonyl (C=O) groups excluding carboxylic acids is 2. The van der Waals surface area contributed by atoms with E-state index in [-0.39, 0.29) is 12.8 Å². The first kappa shape index (κ1) is 58.0. The first-order chi connectivity index (χ1) is 30.4. The summed E-state index contributed by atoms with van der Waals surface area (Å²) in [5.41, 5.74) is 0. The van der Waals surface area contributed by atoms with Crippen LogP contribution in [0.15, 0.2) is 85.1 Å². The van der Waals surface area contributed by atoms with Crippen molar-refractivity contribution in [3.8, 4) is 0 Å². The van der Waals surface area contributed by atoms with Crippen LogP contribution in [0.1, 0.15) is 155 Å². The molecule has 0 aromatic heterocycles. The molecule has 6 N–H and O–H groups in total. The minimum absolute atomic E-state index is 0.00575. The third-order valence-corrected chi connectivity index (χ3v) is 11.2. The molecule has 63 heavy (non-hydrogen) atoms. The van der Waals surface area contributed by atoms with Crippen molar-refractivity contribution in [3.05, 3.63) is 85.1 Å². The first-order valence-electron chi connectivity index (χ1n) is 23.4. The Labute approximate surface area is 378 Å².